The molecule has 6 heteroatoms. The van der Waals surface area contributed by atoms with Gasteiger partial charge in [-0.05, 0) is 41.3 Å². The molecule has 0 spiro atoms. The molecule has 0 saturated carbocycles. The van der Waals surface area contributed by atoms with Crippen LogP contribution in [0.4, 0.5) is 11.4 Å². The van der Waals surface area contributed by atoms with Gasteiger partial charge in [0.15, 0.2) is 0 Å². The third-order valence-corrected chi connectivity index (χ3v) is 5.26. The summed E-state index contributed by atoms with van der Waals surface area (Å²) >= 11 is 6.54. The van der Waals surface area contributed by atoms with E-state index in [1.165, 1.54) is 19.6 Å². The SMILES string of the molecule is COC(=O)c1ccc(Cl)c(-c2cccc(Cc3ccccc3N(C)C)c2)c1NC(C)=O. The number of hydrogen-bond donors (Lipinski definition) is 1. The number of ether oxygens (including phenoxy) is 1. The minimum absolute atomic E-state index is 0.250. The summed E-state index contributed by atoms with van der Waals surface area (Å²) in [7, 11) is 5.34. The maximum Gasteiger partial charge on any atom is 0.339 e. The molecule has 0 aliphatic rings. The first kappa shape index (κ1) is 22.4. The van der Waals surface area contributed by atoms with Gasteiger partial charge in [-0.3, -0.25) is 4.79 Å². The lowest BCUT2D eigenvalue weighted by Crippen LogP contribution is -2.13. The maximum atomic E-state index is 12.3. The number of para-hydroxylation sites is 1. The number of carbonyl (C=O) groups is 2. The maximum absolute atomic E-state index is 12.3. The lowest BCUT2D eigenvalue weighted by atomic mass is 9.95. The van der Waals surface area contributed by atoms with E-state index in [2.05, 4.69) is 22.3 Å². The number of amides is 1. The van der Waals surface area contributed by atoms with E-state index in [4.69, 9.17) is 16.3 Å². The number of nitrogens with zero attached hydrogens (tertiary/aromatic N) is 1. The van der Waals surface area contributed by atoms with Gasteiger partial charge in [0.05, 0.1) is 23.4 Å². The minimum atomic E-state index is -0.544. The summed E-state index contributed by atoms with van der Waals surface area (Å²) in [5.41, 5.74) is 5.42. The van der Waals surface area contributed by atoms with Crippen LogP contribution in [-0.2, 0) is 16.0 Å². The van der Waals surface area contributed by atoms with E-state index in [0.29, 0.717) is 16.3 Å². The zero-order valence-corrected chi connectivity index (χ0v) is 18.8. The molecule has 0 radical (unpaired) electrons. The molecule has 0 atom stereocenters. The van der Waals surface area contributed by atoms with E-state index in [0.717, 1.165) is 23.2 Å². The van der Waals surface area contributed by atoms with Crippen LogP contribution < -0.4 is 10.2 Å². The lowest BCUT2D eigenvalue weighted by molar-refractivity contribution is -0.114. The predicted molar refractivity (Wildman–Crippen MR) is 126 cm³/mol. The van der Waals surface area contributed by atoms with Crippen LogP contribution in [0, 0.1) is 0 Å². The zero-order chi connectivity index (χ0) is 22.5. The van der Waals surface area contributed by atoms with Crippen molar-refractivity contribution >= 4 is 34.9 Å². The fourth-order valence-electron chi connectivity index (χ4n) is 3.60. The monoisotopic (exact) mass is 436 g/mol. The van der Waals surface area contributed by atoms with E-state index in [-0.39, 0.29) is 11.5 Å². The smallest absolute Gasteiger partial charge is 0.339 e. The average molecular weight is 437 g/mol. The molecule has 0 aliphatic carbocycles. The van der Waals surface area contributed by atoms with Crippen molar-refractivity contribution in [1.82, 2.24) is 0 Å². The second-order valence-electron chi connectivity index (χ2n) is 7.42. The number of carbonyl (C=O) groups excluding carboxylic acids is 2. The Hall–Kier alpha value is -3.31. The van der Waals surface area contributed by atoms with Crippen molar-refractivity contribution in [3.05, 3.63) is 82.4 Å². The minimum Gasteiger partial charge on any atom is -0.465 e. The highest BCUT2D eigenvalue weighted by atomic mass is 35.5. The Morgan fingerprint density at radius 2 is 1.77 bits per heavy atom. The number of nitrogens with one attached hydrogen (secondary N) is 1. The Labute approximate surface area is 187 Å². The molecule has 31 heavy (non-hydrogen) atoms. The first-order valence-electron chi connectivity index (χ1n) is 9.84. The first-order chi connectivity index (χ1) is 14.8. The fraction of sp³-hybridized carbons (Fsp3) is 0.200. The Morgan fingerprint density at radius 1 is 1.03 bits per heavy atom. The molecule has 160 valence electrons. The van der Waals surface area contributed by atoms with Crippen LogP contribution in [0.5, 0.6) is 0 Å². The standard InChI is InChI=1S/C25H25ClN2O3/c1-16(29)27-24-20(25(30)31-4)12-13-21(26)23(24)19-10-7-8-17(15-19)14-18-9-5-6-11-22(18)28(2)3/h5-13,15H,14H2,1-4H3,(H,27,29). The van der Waals surface area contributed by atoms with Crippen LogP contribution >= 0.6 is 11.6 Å². The molecule has 0 aliphatic heterocycles. The second kappa shape index (κ2) is 9.67. The normalized spacial score (nSPS) is 10.5. The van der Waals surface area contributed by atoms with Gasteiger partial charge in [-0.2, -0.15) is 0 Å². The summed E-state index contributed by atoms with van der Waals surface area (Å²) in [6.07, 6.45) is 0.728. The van der Waals surface area contributed by atoms with Gasteiger partial charge in [0, 0.05) is 32.3 Å². The summed E-state index contributed by atoms with van der Waals surface area (Å²) < 4.78 is 4.89. The van der Waals surface area contributed by atoms with Crippen molar-refractivity contribution in [2.45, 2.75) is 13.3 Å². The van der Waals surface area contributed by atoms with Crippen LogP contribution in [-0.4, -0.2) is 33.1 Å². The predicted octanol–water partition coefficient (Wildman–Crippen LogP) is 5.41. The van der Waals surface area contributed by atoms with E-state index in [1.807, 2.05) is 50.5 Å². The van der Waals surface area contributed by atoms with Crippen molar-refractivity contribution < 1.29 is 14.3 Å². The summed E-state index contributed by atoms with van der Waals surface area (Å²) in [6.45, 7) is 1.39. The Morgan fingerprint density at radius 3 is 2.45 bits per heavy atom. The molecular formula is C25H25ClN2O3. The van der Waals surface area contributed by atoms with Gasteiger partial charge in [-0.1, -0.05) is 54.1 Å². The summed E-state index contributed by atoms with van der Waals surface area (Å²) in [5, 5.41) is 3.19. The molecule has 5 nitrogen and oxygen atoms in total. The highest BCUT2D eigenvalue weighted by molar-refractivity contribution is 6.34. The number of anilines is 2. The number of rotatable bonds is 6. The topological polar surface area (TPSA) is 58.6 Å². The van der Waals surface area contributed by atoms with Gasteiger partial charge in [-0.25, -0.2) is 4.79 Å². The first-order valence-corrected chi connectivity index (χ1v) is 10.2. The van der Waals surface area contributed by atoms with Gasteiger partial charge in [0.2, 0.25) is 5.91 Å². The number of methoxy groups -OCH3 is 1. The van der Waals surface area contributed by atoms with Crippen molar-refractivity contribution in [2.24, 2.45) is 0 Å². The highest BCUT2D eigenvalue weighted by Gasteiger charge is 2.20. The number of esters is 1. The van der Waals surface area contributed by atoms with Crippen molar-refractivity contribution in [3.8, 4) is 11.1 Å². The zero-order valence-electron chi connectivity index (χ0n) is 18.0. The molecule has 3 rings (SSSR count). The highest BCUT2D eigenvalue weighted by Crippen LogP contribution is 2.38. The Kier molecular flexibility index (Phi) is 6.98. The van der Waals surface area contributed by atoms with Gasteiger partial charge < -0.3 is 15.0 Å². The van der Waals surface area contributed by atoms with Crippen molar-refractivity contribution in [2.75, 3.05) is 31.4 Å². The molecule has 0 heterocycles. The number of hydrogen-bond acceptors (Lipinski definition) is 4. The fourth-order valence-corrected chi connectivity index (χ4v) is 3.87. The van der Waals surface area contributed by atoms with E-state index in [1.54, 1.807) is 12.1 Å². The van der Waals surface area contributed by atoms with Crippen molar-refractivity contribution in [3.63, 3.8) is 0 Å². The summed E-state index contributed by atoms with van der Waals surface area (Å²) in [5.74, 6) is -0.845. The van der Waals surface area contributed by atoms with E-state index in [9.17, 15) is 9.59 Å². The second-order valence-corrected chi connectivity index (χ2v) is 7.83. The third-order valence-electron chi connectivity index (χ3n) is 4.94. The quantitative estimate of drug-likeness (QED) is 0.525. The molecule has 0 bridgehead atoms. The molecule has 1 N–H and O–H groups in total. The van der Waals surface area contributed by atoms with Gasteiger partial charge in [0.1, 0.15) is 0 Å². The lowest BCUT2D eigenvalue weighted by Gasteiger charge is -2.18. The average Bonchev–Trinajstić information content (AvgIpc) is 2.73. The Bertz CT molecular complexity index is 1130. The number of halogens is 1. The van der Waals surface area contributed by atoms with E-state index >= 15 is 0 Å². The summed E-state index contributed by atoms with van der Waals surface area (Å²) in [6, 6.07) is 19.4. The van der Waals surface area contributed by atoms with Crippen LogP contribution in [0.15, 0.2) is 60.7 Å². The van der Waals surface area contributed by atoms with Crippen LogP contribution in [0.1, 0.15) is 28.4 Å². The van der Waals surface area contributed by atoms with E-state index < -0.39 is 5.97 Å². The van der Waals surface area contributed by atoms with Crippen molar-refractivity contribution in [1.29, 1.82) is 0 Å². The molecule has 1 amide bonds. The van der Waals surface area contributed by atoms with Crippen LogP contribution in [0.2, 0.25) is 5.02 Å². The largest absolute Gasteiger partial charge is 0.465 e. The van der Waals surface area contributed by atoms with Crippen LogP contribution in [0.25, 0.3) is 11.1 Å². The van der Waals surface area contributed by atoms with Gasteiger partial charge >= 0.3 is 5.97 Å². The molecule has 0 fully saturated rings. The number of benzene rings is 3. The third kappa shape index (κ3) is 5.06. The van der Waals surface area contributed by atoms with Gasteiger partial charge in [0.25, 0.3) is 0 Å². The summed E-state index contributed by atoms with van der Waals surface area (Å²) in [4.78, 5) is 26.3. The molecule has 0 saturated heterocycles. The van der Waals surface area contributed by atoms with Crippen LogP contribution in [0.3, 0.4) is 0 Å². The molecular weight excluding hydrogens is 412 g/mol. The molecule has 0 unspecified atom stereocenters. The van der Waals surface area contributed by atoms with Gasteiger partial charge in [-0.15, -0.1) is 0 Å². The Balaban J connectivity index is 2.10. The molecule has 0 aromatic heterocycles. The molecule has 3 aromatic rings. The molecule has 3 aromatic carbocycles.